The van der Waals surface area contributed by atoms with E-state index in [9.17, 15) is 9.59 Å². The van der Waals surface area contributed by atoms with E-state index < -0.39 is 12.3 Å². The number of ether oxygens (including phenoxy) is 3. The Balaban J connectivity index is 1.67. The maximum atomic E-state index is 11.7. The number of hydrogen-bond acceptors (Lipinski definition) is 5. The highest BCUT2D eigenvalue weighted by atomic mass is 16.8. The molecule has 0 aromatic heterocycles. The monoisotopic (exact) mass is 326 g/mol. The molecular formula is C18H30O5. The summed E-state index contributed by atoms with van der Waals surface area (Å²) < 4.78 is 15.2. The van der Waals surface area contributed by atoms with E-state index in [2.05, 4.69) is 4.74 Å². The SMILES string of the molecule is O=C(OC(=O)OC1CCCCCCC1)OC1CCCCCCC1. The second kappa shape index (κ2) is 10.5. The molecule has 0 unspecified atom stereocenters. The lowest BCUT2D eigenvalue weighted by molar-refractivity contribution is -0.00642. The van der Waals surface area contributed by atoms with Crippen molar-refractivity contribution in [2.45, 2.75) is 102 Å². The van der Waals surface area contributed by atoms with Crippen molar-refractivity contribution in [3.63, 3.8) is 0 Å². The van der Waals surface area contributed by atoms with Crippen LogP contribution in [0.1, 0.15) is 89.9 Å². The van der Waals surface area contributed by atoms with Gasteiger partial charge in [0.05, 0.1) is 0 Å². The molecule has 23 heavy (non-hydrogen) atoms. The highest BCUT2D eigenvalue weighted by molar-refractivity contribution is 5.77. The summed E-state index contributed by atoms with van der Waals surface area (Å²) in [5.41, 5.74) is 0. The van der Waals surface area contributed by atoms with Crippen molar-refractivity contribution in [3.05, 3.63) is 0 Å². The van der Waals surface area contributed by atoms with Crippen LogP contribution in [0.25, 0.3) is 0 Å². The molecule has 2 aliphatic carbocycles. The van der Waals surface area contributed by atoms with Crippen LogP contribution in [-0.2, 0) is 14.2 Å². The Morgan fingerprint density at radius 3 is 1.17 bits per heavy atom. The number of hydrogen-bond donors (Lipinski definition) is 0. The summed E-state index contributed by atoms with van der Waals surface area (Å²) in [5.74, 6) is 0. The quantitative estimate of drug-likeness (QED) is 0.495. The third-order valence-electron chi connectivity index (χ3n) is 4.80. The molecule has 0 spiro atoms. The van der Waals surface area contributed by atoms with Crippen LogP contribution in [-0.4, -0.2) is 24.5 Å². The van der Waals surface area contributed by atoms with Gasteiger partial charge in [-0.25, -0.2) is 9.59 Å². The summed E-state index contributed by atoms with van der Waals surface area (Å²) in [5, 5.41) is 0. The fourth-order valence-corrected chi connectivity index (χ4v) is 3.46. The first kappa shape index (κ1) is 18.1. The minimum Gasteiger partial charge on any atom is -0.431 e. The van der Waals surface area contributed by atoms with Crippen molar-refractivity contribution >= 4 is 12.3 Å². The highest BCUT2D eigenvalue weighted by Gasteiger charge is 2.22. The molecule has 0 radical (unpaired) electrons. The first-order valence-electron chi connectivity index (χ1n) is 9.33. The molecule has 0 heterocycles. The van der Waals surface area contributed by atoms with Gasteiger partial charge in [0.25, 0.3) is 0 Å². The van der Waals surface area contributed by atoms with E-state index in [1.54, 1.807) is 0 Å². The molecule has 0 amide bonds. The topological polar surface area (TPSA) is 61.8 Å². The molecule has 2 rings (SSSR count). The van der Waals surface area contributed by atoms with Crippen LogP contribution in [0.5, 0.6) is 0 Å². The van der Waals surface area contributed by atoms with Crippen molar-refractivity contribution < 1.29 is 23.8 Å². The van der Waals surface area contributed by atoms with E-state index in [0.29, 0.717) is 0 Å². The second-order valence-electron chi connectivity index (χ2n) is 6.77. The summed E-state index contributed by atoms with van der Waals surface area (Å²) in [7, 11) is 0. The van der Waals surface area contributed by atoms with E-state index in [1.807, 2.05) is 0 Å². The summed E-state index contributed by atoms with van der Waals surface area (Å²) in [4.78, 5) is 23.5. The molecular weight excluding hydrogens is 296 g/mol. The fourth-order valence-electron chi connectivity index (χ4n) is 3.46. The standard InChI is InChI=1S/C18H30O5/c19-17(21-15-11-7-3-1-4-8-12-15)23-18(20)22-16-13-9-5-2-6-10-14-16/h15-16H,1-14H2. The Morgan fingerprint density at radius 1 is 0.522 bits per heavy atom. The molecule has 0 saturated heterocycles. The summed E-state index contributed by atoms with van der Waals surface area (Å²) in [6.07, 6.45) is 12.8. The van der Waals surface area contributed by atoms with Crippen LogP contribution in [0.3, 0.4) is 0 Å². The van der Waals surface area contributed by atoms with Crippen molar-refractivity contribution in [2.24, 2.45) is 0 Å². The molecule has 2 saturated carbocycles. The number of carbonyl (C=O) groups is 2. The van der Waals surface area contributed by atoms with E-state index in [1.165, 1.54) is 38.5 Å². The zero-order valence-electron chi connectivity index (χ0n) is 14.1. The van der Waals surface area contributed by atoms with Crippen LogP contribution >= 0.6 is 0 Å². The van der Waals surface area contributed by atoms with Crippen LogP contribution < -0.4 is 0 Å². The summed E-state index contributed by atoms with van der Waals surface area (Å²) in [6, 6.07) is 0. The van der Waals surface area contributed by atoms with Crippen molar-refractivity contribution in [1.82, 2.24) is 0 Å². The van der Waals surface area contributed by atoms with Gasteiger partial charge in [0, 0.05) is 0 Å². The molecule has 5 nitrogen and oxygen atoms in total. The Bertz CT molecular complexity index is 318. The molecule has 0 bridgehead atoms. The molecule has 132 valence electrons. The van der Waals surface area contributed by atoms with E-state index in [4.69, 9.17) is 9.47 Å². The van der Waals surface area contributed by atoms with Gasteiger partial charge < -0.3 is 14.2 Å². The zero-order valence-corrected chi connectivity index (χ0v) is 14.1. The number of rotatable bonds is 2. The van der Waals surface area contributed by atoms with Crippen molar-refractivity contribution in [3.8, 4) is 0 Å². The summed E-state index contributed by atoms with van der Waals surface area (Å²) in [6.45, 7) is 0. The van der Waals surface area contributed by atoms with Gasteiger partial charge in [0.1, 0.15) is 12.2 Å². The molecule has 0 N–H and O–H groups in total. The average molecular weight is 326 g/mol. The van der Waals surface area contributed by atoms with Gasteiger partial charge in [-0.3, -0.25) is 0 Å². The molecule has 0 atom stereocenters. The average Bonchev–Trinajstić information content (AvgIpc) is 2.44. The molecule has 2 aliphatic rings. The first-order chi connectivity index (χ1) is 11.2. The third kappa shape index (κ3) is 7.71. The lowest BCUT2D eigenvalue weighted by Crippen LogP contribution is -2.25. The van der Waals surface area contributed by atoms with Gasteiger partial charge >= 0.3 is 12.3 Å². The Hall–Kier alpha value is -1.26. The first-order valence-corrected chi connectivity index (χ1v) is 9.33. The lowest BCUT2D eigenvalue weighted by atomic mass is 9.99. The Morgan fingerprint density at radius 2 is 0.826 bits per heavy atom. The van der Waals surface area contributed by atoms with Gasteiger partial charge in [0.15, 0.2) is 0 Å². The van der Waals surface area contributed by atoms with Crippen LogP contribution in [0.4, 0.5) is 9.59 Å². The molecule has 0 aromatic rings. The van der Waals surface area contributed by atoms with Gasteiger partial charge in [-0.2, -0.15) is 0 Å². The predicted molar refractivity (Wildman–Crippen MR) is 86.3 cm³/mol. The van der Waals surface area contributed by atoms with E-state index in [0.717, 1.165) is 51.4 Å². The molecule has 5 heteroatoms. The molecule has 0 aromatic carbocycles. The fraction of sp³-hybridized carbons (Fsp3) is 0.889. The van der Waals surface area contributed by atoms with Gasteiger partial charge in [0.2, 0.25) is 0 Å². The van der Waals surface area contributed by atoms with Crippen LogP contribution in [0, 0.1) is 0 Å². The van der Waals surface area contributed by atoms with E-state index >= 15 is 0 Å². The van der Waals surface area contributed by atoms with Gasteiger partial charge in [-0.05, 0) is 51.4 Å². The van der Waals surface area contributed by atoms with Crippen LogP contribution in [0.15, 0.2) is 0 Å². The lowest BCUT2D eigenvalue weighted by Gasteiger charge is -2.21. The molecule has 2 fully saturated rings. The van der Waals surface area contributed by atoms with Gasteiger partial charge in [-0.1, -0.05) is 38.5 Å². The second-order valence-corrected chi connectivity index (χ2v) is 6.77. The van der Waals surface area contributed by atoms with Gasteiger partial charge in [-0.15, -0.1) is 0 Å². The largest absolute Gasteiger partial charge is 0.518 e. The minimum atomic E-state index is -0.911. The maximum Gasteiger partial charge on any atom is 0.518 e. The highest BCUT2D eigenvalue weighted by Crippen LogP contribution is 2.21. The minimum absolute atomic E-state index is 0.128. The summed E-state index contributed by atoms with van der Waals surface area (Å²) >= 11 is 0. The maximum absolute atomic E-state index is 11.7. The molecule has 0 aliphatic heterocycles. The van der Waals surface area contributed by atoms with Crippen molar-refractivity contribution in [1.29, 1.82) is 0 Å². The van der Waals surface area contributed by atoms with Crippen molar-refractivity contribution in [2.75, 3.05) is 0 Å². The Labute approximate surface area is 139 Å². The van der Waals surface area contributed by atoms with E-state index in [-0.39, 0.29) is 12.2 Å². The number of carbonyl (C=O) groups excluding carboxylic acids is 2. The smallest absolute Gasteiger partial charge is 0.431 e. The predicted octanol–water partition coefficient (Wildman–Crippen LogP) is 5.50. The third-order valence-corrected chi connectivity index (χ3v) is 4.80. The Kier molecular flexibility index (Phi) is 8.26. The zero-order chi connectivity index (χ0) is 16.3. The van der Waals surface area contributed by atoms with Crippen LogP contribution in [0.2, 0.25) is 0 Å². The normalized spacial score (nSPS) is 22.1.